The molecule has 0 radical (unpaired) electrons. The molecule has 0 amide bonds. The number of anilines is 1. The van der Waals surface area contributed by atoms with E-state index in [4.69, 9.17) is 16.6 Å². The molecular formula is C15H22ClN3. The number of halogens is 1. The minimum absolute atomic E-state index is 0.692. The van der Waals surface area contributed by atoms with E-state index in [-0.39, 0.29) is 0 Å². The fourth-order valence-electron chi connectivity index (χ4n) is 2.54. The van der Waals surface area contributed by atoms with E-state index in [0.29, 0.717) is 6.04 Å². The van der Waals surface area contributed by atoms with Crippen LogP contribution < -0.4 is 10.2 Å². The maximum Gasteiger partial charge on any atom is 0.128 e. The summed E-state index contributed by atoms with van der Waals surface area (Å²) in [7, 11) is 0. The first-order chi connectivity index (χ1) is 9.22. The molecule has 1 aromatic heterocycles. The zero-order valence-corrected chi connectivity index (χ0v) is 12.3. The molecule has 0 unspecified atom stereocenters. The highest BCUT2D eigenvalue weighted by atomic mass is 35.5. The highest BCUT2D eigenvalue weighted by molar-refractivity contribution is 6.31. The molecular weight excluding hydrogens is 258 g/mol. The van der Waals surface area contributed by atoms with E-state index in [2.05, 4.69) is 23.2 Å². The summed E-state index contributed by atoms with van der Waals surface area (Å²) in [5.41, 5.74) is 0.990. The summed E-state index contributed by atoms with van der Waals surface area (Å²) in [5, 5.41) is 4.27. The van der Waals surface area contributed by atoms with Crippen molar-refractivity contribution in [2.75, 3.05) is 18.0 Å². The van der Waals surface area contributed by atoms with Crippen molar-refractivity contribution in [3.8, 4) is 0 Å². The quantitative estimate of drug-likeness (QED) is 0.917. The number of aromatic nitrogens is 1. The summed E-state index contributed by atoms with van der Waals surface area (Å²) in [6.07, 6.45) is 5.11. The van der Waals surface area contributed by atoms with Gasteiger partial charge in [0.05, 0.1) is 10.7 Å². The number of hydrogen-bond donors (Lipinski definition) is 1. The van der Waals surface area contributed by atoms with Crippen LogP contribution >= 0.6 is 11.6 Å². The van der Waals surface area contributed by atoms with Crippen LogP contribution in [0.15, 0.2) is 12.1 Å². The molecule has 0 aromatic carbocycles. The fourth-order valence-corrected chi connectivity index (χ4v) is 2.71. The molecule has 1 saturated carbocycles. The van der Waals surface area contributed by atoms with E-state index < -0.39 is 0 Å². The molecule has 2 heterocycles. The number of hydrogen-bond acceptors (Lipinski definition) is 3. The minimum Gasteiger partial charge on any atom is -0.357 e. The molecule has 1 saturated heterocycles. The van der Waals surface area contributed by atoms with Crippen molar-refractivity contribution in [1.82, 2.24) is 10.3 Å². The third kappa shape index (κ3) is 3.40. The summed E-state index contributed by atoms with van der Waals surface area (Å²) < 4.78 is 0. The van der Waals surface area contributed by atoms with Gasteiger partial charge < -0.3 is 10.2 Å². The SMILES string of the molecule is CC1CCN(c2ccc(Cl)c(CNC3CC3)n2)CC1. The van der Waals surface area contributed by atoms with Crippen LogP contribution in [0, 0.1) is 5.92 Å². The summed E-state index contributed by atoms with van der Waals surface area (Å²) in [5.74, 6) is 1.93. The van der Waals surface area contributed by atoms with Gasteiger partial charge in [-0.05, 0) is 43.7 Å². The van der Waals surface area contributed by atoms with Gasteiger partial charge in [-0.3, -0.25) is 0 Å². The van der Waals surface area contributed by atoms with Crippen molar-refractivity contribution in [1.29, 1.82) is 0 Å². The number of piperidine rings is 1. The normalized spacial score (nSPS) is 20.8. The largest absolute Gasteiger partial charge is 0.357 e. The summed E-state index contributed by atoms with van der Waals surface area (Å²) in [4.78, 5) is 7.14. The zero-order chi connectivity index (χ0) is 13.2. The maximum absolute atomic E-state index is 6.24. The van der Waals surface area contributed by atoms with Gasteiger partial charge in [0.1, 0.15) is 5.82 Å². The van der Waals surface area contributed by atoms with Gasteiger partial charge in [-0.25, -0.2) is 4.98 Å². The lowest BCUT2D eigenvalue weighted by molar-refractivity contribution is 0.436. The van der Waals surface area contributed by atoms with Crippen LogP contribution in [0.4, 0.5) is 5.82 Å². The van der Waals surface area contributed by atoms with E-state index in [9.17, 15) is 0 Å². The van der Waals surface area contributed by atoms with Crippen LogP contribution in [-0.4, -0.2) is 24.1 Å². The smallest absolute Gasteiger partial charge is 0.128 e. The molecule has 3 rings (SSSR count). The monoisotopic (exact) mass is 279 g/mol. The average Bonchev–Trinajstić information content (AvgIpc) is 3.23. The van der Waals surface area contributed by atoms with Crippen molar-refractivity contribution in [2.45, 2.75) is 45.2 Å². The Bertz CT molecular complexity index is 437. The van der Waals surface area contributed by atoms with E-state index in [1.807, 2.05) is 6.07 Å². The second-order valence-corrected chi connectivity index (χ2v) is 6.33. The average molecular weight is 280 g/mol. The van der Waals surface area contributed by atoms with Crippen molar-refractivity contribution in [2.24, 2.45) is 5.92 Å². The Hall–Kier alpha value is -0.800. The second kappa shape index (κ2) is 5.68. The highest BCUT2D eigenvalue weighted by Gasteiger charge is 2.21. The predicted octanol–water partition coefficient (Wildman–Crippen LogP) is 3.22. The van der Waals surface area contributed by atoms with Gasteiger partial charge in [0.15, 0.2) is 0 Å². The van der Waals surface area contributed by atoms with Gasteiger partial charge in [-0.15, -0.1) is 0 Å². The number of nitrogens with zero attached hydrogens (tertiary/aromatic N) is 2. The van der Waals surface area contributed by atoms with Crippen LogP contribution in [0.3, 0.4) is 0 Å². The number of pyridine rings is 1. The van der Waals surface area contributed by atoms with Gasteiger partial charge >= 0.3 is 0 Å². The minimum atomic E-state index is 0.692. The molecule has 2 fully saturated rings. The third-order valence-electron chi connectivity index (χ3n) is 4.15. The van der Waals surface area contributed by atoms with E-state index >= 15 is 0 Å². The summed E-state index contributed by atoms with van der Waals surface area (Å²) in [6, 6.07) is 4.74. The Morgan fingerprint density at radius 1 is 1.26 bits per heavy atom. The van der Waals surface area contributed by atoms with Crippen molar-refractivity contribution < 1.29 is 0 Å². The first-order valence-electron chi connectivity index (χ1n) is 7.36. The molecule has 0 atom stereocenters. The molecule has 3 nitrogen and oxygen atoms in total. The van der Waals surface area contributed by atoms with Crippen molar-refractivity contribution in [3.05, 3.63) is 22.8 Å². The number of nitrogens with one attached hydrogen (secondary N) is 1. The van der Waals surface area contributed by atoms with Gasteiger partial charge in [-0.2, -0.15) is 0 Å². The first-order valence-corrected chi connectivity index (χ1v) is 7.74. The molecule has 19 heavy (non-hydrogen) atoms. The Labute approximate surface area is 120 Å². The topological polar surface area (TPSA) is 28.2 Å². The van der Waals surface area contributed by atoms with Crippen LogP contribution in [-0.2, 0) is 6.54 Å². The van der Waals surface area contributed by atoms with Gasteiger partial charge in [0.2, 0.25) is 0 Å². The molecule has 1 aromatic rings. The summed E-state index contributed by atoms with van der Waals surface area (Å²) in [6.45, 7) is 5.36. The van der Waals surface area contributed by atoms with Gasteiger partial charge in [-0.1, -0.05) is 18.5 Å². The van der Waals surface area contributed by atoms with Crippen LogP contribution in [0.1, 0.15) is 38.3 Å². The molecule has 4 heteroatoms. The van der Waals surface area contributed by atoms with Crippen molar-refractivity contribution in [3.63, 3.8) is 0 Å². The highest BCUT2D eigenvalue weighted by Crippen LogP contribution is 2.25. The van der Waals surface area contributed by atoms with E-state index in [1.54, 1.807) is 0 Å². The standard InChI is InChI=1S/C15H22ClN3/c1-11-6-8-19(9-7-11)15-5-4-13(16)14(18-15)10-17-12-2-3-12/h4-5,11-12,17H,2-3,6-10H2,1H3. The lowest BCUT2D eigenvalue weighted by Gasteiger charge is -2.31. The fraction of sp³-hybridized carbons (Fsp3) is 0.667. The Morgan fingerprint density at radius 3 is 2.68 bits per heavy atom. The van der Waals surface area contributed by atoms with Crippen molar-refractivity contribution >= 4 is 17.4 Å². The predicted molar refractivity (Wildman–Crippen MR) is 79.7 cm³/mol. The Balaban J connectivity index is 1.68. The molecule has 0 spiro atoms. The van der Waals surface area contributed by atoms with Gasteiger partial charge in [0, 0.05) is 25.7 Å². The molecule has 1 N–H and O–H groups in total. The van der Waals surface area contributed by atoms with Crippen LogP contribution in [0.5, 0.6) is 0 Å². The van der Waals surface area contributed by atoms with E-state index in [0.717, 1.165) is 42.1 Å². The number of rotatable bonds is 4. The van der Waals surface area contributed by atoms with E-state index in [1.165, 1.54) is 25.7 Å². The molecule has 104 valence electrons. The van der Waals surface area contributed by atoms with Gasteiger partial charge in [0.25, 0.3) is 0 Å². The lowest BCUT2D eigenvalue weighted by Crippen LogP contribution is -2.33. The molecule has 1 aliphatic carbocycles. The second-order valence-electron chi connectivity index (χ2n) is 5.92. The third-order valence-corrected chi connectivity index (χ3v) is 4.49. The Morgan fingerprint density at radius 2 is 2.00 bits per heavy atom. The summed E-state index contributed by atoms with van der Waals surface area (Å²) >= 11 is 6.24. The molecule has 0 bridgehead atoms. The molecule has 1 aliphatic heterocycles. The zero-order valence-electron chi connectivity index (χ0n) is 11.5. The van der Waals surface area contributed by atoms with Crippen LogP contribution in [0.25, 0.3) is 0 Å². The lowest BCUT2D eigenvalue weighted by atomic mass is 9.99. The Kier molecular flexibility index (Phi) is 3.94. The molecule has 2 aliphatic rings. The van der Waals surface area contributed by atoms with Crippen LogP contribution in [0.2, 0.25) is 5.02 Å². The maximum atomic E-state index is 6.24. The first kappa shape index (κ1) is 13.2.